The van der Waals surface area contributed by atoms with Crippen molar-refractivity contribution in [2.75, 3.05) is 12.8 Å². The van der Waals surface area contributed by atoms with Gasteiger partial charge in [0.05, 0.1) is 6.04 Å². The summed E-state index contributed by atoms with van der Waals surface area (Å²) < 4.78 is 0. The molecule has 0 saturated carbocycles. The fraction of sp³-hybridized carbons (Fsp3) is 0.250. The number of nitrogens with zero attached hydrogens (tertiary/aromatic N) is 1. The third-order valence-electron chi connectivity index (χ3n) is 2.68. The van der Waals surface area contributed by atoms with E-state index in [0.29, 0.717) is 0 Å². The summed E-state index contributed by atoms with van der Waals surface area (Å²) in [5.41, 5.74) is 7.88. The van der Waals surface area contributed by atoms with Crippen LogP contribution in [0.25, 0.3) is 0 Å². The van der Waals surface area contributed by atoms with E-state index in [2.05, 4.69) is 15.3 Å². The normalized spacial score (nSPS) is 12.6. The van der Waals surface area contributed by atoms with Gasteiger partial charge in [-0.1, -0.05) is 18.2 Å². The summed E-state index contributed by atoms with van der Waals surface area (Å²) in [6, 6.07) is 8.08. The van der Waals surface area contributed by atoms with Gasteiger partial charge in [0.1, 0.15) is 5.82 Å². The summed E-state index contributed by atoms with van der Waals surface area (Å²) in [7, 11) is 1.92. The van der Waals surface area contributed by atoms with Crippen LogP contribution >= 0.6 is 0 Å². The zero-order valence-corrected chi connectivity index (χ0v) is 9.27. The first-order valence-corrected chi connectivity index (χ1v) is 5.31. The van der Waals surface area contributed by atoms with Gasteiger partial charge in [0.25, 0.3) is 0 Å². The molecule has 1 aromatic carbocycles. The van der Waals surface area contributed by atoms with Crippen LogP contribution in [0.1, 0.15) is 17.4 Å². The van der Waals surface area contributed by atoms with Crippen molar-refractivity contribution in [1.82, 2.24) is 15.3 Å². The molecule has 1 unspecified atom stereocenters. The van der Waals surface area contributed by atoms with Crippen molar-refractivity contribution in [3.05, 3.63) is 48.0 Å². The van der Waals surface area contributed by atoms with Crippen LogP contribution in [0.3, 0.4) is 0 Å². The predicted octanol–water partition coefficient (Wildman–Crippen LogP) is 1.50. The number of hydrogen-bond acceptors (Lipinski definition) is 3. The van der Waals surface area contributed by atoms with Gasteiger partial charge in [0, 0.05) is 18.1 Å². The number of benzene rings is 1. The number of nitrogens with two attached hydrogens (primary N) is 1. The SMILES string of the molecule is CNC(Cc1ccccc1N)c1ncc[nH]1. The Morgan fingerprint density at radius 1 is 1.44 bits per heavy atom. The standard InChI is InChI=1S/C12H16N4/c1-14-11(12-15-6-7-16-12)8-9-4-2-3-5-10(9)13/h2-7,11,14H,8,13H2,1H3,(H,15,16). The summed E-state index contributed by atoms with van der Waals surface area (Å²) in [6.07, 6.45) is 4.42. The number of aromatic amines is 1. The Labute approximate surface area is 94.9 Å². The summed E-state index contributed by atoms with van der Waals surface area (Å²) >= 11 is 0. The highest BCUT2D eigenvalue weighted by Crippen LogP contribution is 2.19. The fourth-order valence-corrected chi connectivity index (χ4v) is 1.74. The van der Waals surface area contributed by atoms with Gasteiger partial charge in [-0.2, -0.15) is 0 Å². The molecule has 0 aliphatic carbocycles. The largest absolute Gasteiger partial charge is 0.399 e. The topological polar surface area (TPSA) is 66.7 Å². The molecule has 1 heterocycles. The van der Waals surface area contributed by atoms with Crippen LogP contribution in [0, 0.1) is 0 Å². The molecule has 4 nitrogen and oxygen atoms in total. The first kappa shape index (κ1) is 10.7. The molecule has 0 saturated heterocycles. The molecule has 84 valence electrons. The van der Waals surface area contributed by atoms with E-state index in [0.717, 1.165) is 23.5 Å². The van der Waals surface area contributed by atoms with Crippen molar-refractivity contribution in [3.8, 4) is 0 Å². The maximum absolute atomic E-state index is 5.92. The summed E-state index contributed by atoms with van der Waals surface area (Å²) in [6.45, 7) is 0. The summed E-state index contributed by atoms with van der Waals surface area (Å²) in [5, 5.41) is 3.23. The van der Waals surface area contributed by atoms with E-state index >= 15 is 0 Å². The molecule has 0 spiro atoms. The zero-order chi connectivity index (χ0) is 11.4. The van der Waals surface area contributed by atoms with E-state index in [1.54, 1.807) is 6.20 Å². The number of hydrogen-bond donors (Lipinski definition) is 3. The monoisotopic (exact) mass is 216 g/mol. The third-order valence-corrected chi connectivity index (χ3v) is 2.68. The predicted molar refractivity (Wildman–Crippen MR) is 64.9 cm³/mol. The average molecular weight is 216 g/mol. The molecule has 0 bridgehead atoms. The molecule has 16 heavy (non-hydrogen) atoms. The number of nitrogen functional groups attached to an aromatic ring is 1. The third kappa shape index (κ3) is 2.23. The number of anilines is 1. The van der Waals surface area contributed by atoms with Crippen LogP contribution in [0.2, 0.25) is 0 Å². The number of aromatic nitrogens is 2. The van der Waals surface area contributed by atoms with E-state index in [1.807, 2.05) is 37.5 Å². The Hall–Kier alpha value is -1.81. The van der Waals surface area contributed by atoms with E-state index in [1.165, 1.54) is 0 Å². The lowest BCUT2D eigenvalue weighted by molar-refractivity contribution is 0.564. The highest BCUT2D eigenvalue weighted by Gasteiger charge is 2.13. The van der Waals surface area contributed by atoms with E-state index in [-0.39, 0.29) is 6.04 Å². The van der Waals surface area contributed by atoms with Gasteiger partial charge < -0.3 is 16.0 Å². The second kappa shape index (κ2) is 4.81. The number of likely N-dealkylation sites (N-methyl/N-ethyl adjacent to an activating group) is 1. The van der Waals surface area contributed by atoms with E-state index in [9.17, 15) is 0 Å². The Bertz CT molecular complexity index is 436. The van der Waals surface area contributed by atoms with Crippen molar-refractivity contribution in [2.24, 2.45) is 0 Å². The molecule has 1 aromatic heterocycles. The van der Waals surface area contributed by atoms with Gasteiger partial charge in [0.15, 0.2) is 0 Å². The molecule has 2 aromatic rings. The number of nitrogens with one attached hydrogen (secondary N) is 2. The summed E-state index contributed by atoms with van der Waals surface area (Å²) in [5.74, 6) is 0.936. The van der Waals surface area contributed by atoms with Crippen LogP contribution in [0.5, 0.6) is 0 Å². The van der Waals surface area contributed by atoms with Crippen LogP contribution in [0.4, 0.5) is 5.69 Å². The minimum absolute atomic E-state index is 0.166. The second-order valence-electron chi connectivity index (χ2n) is 3.72. The number of para-hydroxylation sites is 1. The van der Waals surface area contributed by atoms with Crippen molar-refractivity contribution < 1.29 is 0 Å². The summed E-state index contributed by atoms with van der Waals surface area (Å²) in [4.78, 5) is 7.37. The minimum Gasteiger partial charge on any atom is -0.399 e. The molecule has 4 N–H and O–H groups in total. The lowest BCUT2D eigenvalue weighted by Gasteiger charge is -2.14. The van der Waals surface area contributed by atoms with Gasteiger partial charge in [-0.3, -0.25) is 0 Å². The van der Waals surface area contributed by atoms with Gasteiger partial charge in [0.2, 0.25) is 0 Å². The van der Waals surface area contributed by atoms with Crippen LogP contribution in [-0.2, 0) is 6.42 Å². The molecule has 2 rings (SSSR count). The molecule has 0 amide bonds. The second-order valence-corrected chi connectivity index (χ2v) is 3.72. The van der Waals surface area contributed by atoms with Gasteiger partial charge in [-0.15, -0.1) is 0 Å². The Kier molecular flexibility index (Phi) is 3.22. The number of rotatable bonds is 4. The molecule has 0 aliphatic heterocycles. The molecule has 4 heteroatoms. The highest BCUT2D eigenvalue weighted by atomic mass is 15.0. The average Bonchev–Trinajstić information content (AvgIpc) is 2.81. The molecule has 0 aliphatic rings. The number of imidazole rings is 1. The maximum atomic E-state index is 5.92. The quantitative estimate of drug-likeness (QED) is 0.678. The fourth-order valence-electron chi connectivity index (χ4n) is 1.74. The minimum atomic E-state index is 0.166. The highest BCUT2D eigenvalue weighted by molar-refractivity contribution is 5.46. The zero-order valence-electron chi connectivity index (χ0n) is 9.27. The van der Waals surface area contributed by atoms with Crippen molar-refractivity contribution in [1.29, 1.82) is 0 Å². The van der Waals surface area contributed by atoms with Gasteiger partial charge >= 0.3 is 0 Å². The Balaban J connectivity index is 2.17. The van der Waals surface area contributed by atoms with Crippen LogP contribution in [-0.4, -0.2) is 17.0 Å². The maximum Gasteiger partial charge on any atom is 0.123 e. The van der Waals surface area contributed by atoms with Crippen molar-refractivity contribution >= 4 is 5.69 Å². The molecule has 0 fully saturated rings. The first-order valence-electron chi connectivity index (χ1n) is 5.31. The molecular weight excluding hydrogens is 200 g/mol. The number of H-pyrrole nitrogens is 1. The smallest absolute Gasteiger partial charge is 0.123 e. The van der Waals surface area contributed by atoms with E-state index < -0.39 is 0 Å². The Morgan fingerprint density at radius 2 is 2.25 bits per heavy atom. The van der Waals surface area contributed by atoms with Gasteiger partial charge in [-0.25, -0.2) is 4.98 Å². The molecule has 1 atom stereocenters. The van der Waals surface area contributed by atoms with Crippen LogP contribution < -0.4 is 11.1 Å². The van der Waals surface area contributed by atoms with Crippen LogP contribution in [0.15, 0.2) is 36.7 Å². The lowest BCUT2D eigenvalue weighted by atomic mass is 10.0. The van der Waals surface area contributed by atoms with E-state index in [4.69, 9.17) is 5.73 Å². The Morgan fingerprint density at radius 3 is 2.88 bits per heavy atom. The molecule has 0 radical (unpaired) electrons. The van der Waals surface area contributed by atoms with Crippen molar-refractivity contribution in [3.63, 3.8) is 0 Å². The van der Waals surface area contributed by atoms with Crippen molar-refractivity contribution in [2.45, 2.75) is 12.5 Å². The van der Waals surface area contributed by atoms with Gasteiger partial charge in [-0.05, 0) is 25.1 Å². The lowest BCUT2D eigenvalue weighted by Crippen LogP contribution is -2.20. The first-order chi connectivity index (χ1) is 7.81. The molecular formula is C12H16N4.